The van der Waals surface area contributed by atoms with Gasteiger partial charge in [0, 0.05) is 19.4 Å². The summed E-state index contributed by atoms with van der Waals surface area (Å²) in [6.45, 7) is 1.87. The molecule has 4 atom stereocenters. The zero-order chi connectivity index (χ0) is 25.3. The van der Waals surface area contributed by atoms with Gasteiger partial charge in [0.1, 0.15) is 23.5 Å². The number of carbonyl (C=O) groups excluding carboxylic acids is 1. The second kappa shape index (κ2) is 9.91. The summed E-state index contributed by atoms with van der Waals surface area (Å²) >= 11 is 1.38. The van der Waals surface area contributed by atoms with Gasteiger partial charge >= 0.3 is 6.18 Å². The monoisotopic (exact) mass is 510 g/mol. The number of alkyl halides is 3. The molecule has 0 saturated heterocycles. The Balaban J connectivity index is 1.68. The van der Waals surface area contributed by atoms with Crippen LogP contribution in [-0.4, -0.2) is 68.6 Å². The summed E-state index contributed by atoms with van der Waals surface area (Å²) in [6.07, 6.45) is -6.44. The molecule has 0 spiro atoms. The number of halogens is 3. The van der Waals surface area contributed by atoms with E-state index in [4.69, 9.17) is 0 Å². The summed E-state index contributed by atoms with van der Waals surface area (Å²) in [5, 5.41) is 29.6. The number of rotatable bonds is 7. The molecule has 3 aromatic rings. The van der Waals surface area contributed by atoms with Crippen LogP contribution in [0.5, 0.6) is 0 Å². The molecule has 5 N–H and O–H groups in total. The minimum atomic E-state index is -4.46. The number of benzene rings is 1. The quantitative estimate of drug-likeness (QED) is 0.328. The number of aliphatic hydroxyl groups is 2. The van der Waals surface area contributed by atoms with Crippen molar-refractivity contribution in [2.24, 2.45) is 5.92 Å². The molecule has 2 heterocycles. The Morgan fingerprint density at radius 2 is 1.91 bits per heavy atom. The van der Waals surface area contributed by atoms with Crippen molar-refractivity contribution in [3.63, 3.8) is 0 Å². The van der Waals surface area contributed by atoms with Gasteiger partial charge in [-0.05, 0) is 25.5 Å². The lowest BCUT2D eigenvalue weighted by molar-refractivity contribution is -0.119. The Morgan fingerprint density at radius 1 is 1.17 bits per heavy atom. The molecule has 4 rings (SSSR count). The van der Waals surface area contributed by atoms with Crippen LogP contribution in [0.2, 0.25) is 0 Å². The summed E-state index contributed by atoms with van der Waals surface area (Å²) in [7, 11) is 0. The highest BCUT2D eigenvalue weighted by Crippen LogP contribution is 2.38. The normalized spacial score (nSPS) is 22.4. The van der Waals surface area contributed by atoms with Crippen molar-refractivity contribution in [2.45, 2.75) is 44.7 Å². The molecular formula is C22H25F3N6O3S. The van der Waals surface area contributed by atoms with Gasteiger partial charge in [-0.3, -0.25) is 4.79 Å². The Morgan fingerprint density at radius 3 is 2.60 bits per heavy atom. The number of para-hydroxylation sites is 1. The van der Waals surface area contributed by atoms with E-state index < -0.39 is 36.9 Å². The molecule has 0 aliphatic heterocycles. The molecule has 1 fully saturated rings. The molecule has 1 amide bonds. The number of aromatic nitrogens is 3. The SMILES string of the molecule is CC(=O)NC[C@H]1C[C@@H](Nc2nc(NCC(F)(F)F)nc(C)c2-c2nc3ccccc3s2)[C@H](O)[C@@H]1O. The van der Waals surface area contributed by atoms with E-state index in [0.717, 1.165) is 10.2 Å². The lowest BCUT2D eigenvalue weighted by atomic mass is 10.1. The molecule has 0 radical (unpaired) electrons. The highest BCUT2D eigenvalue weighted by Gasteiger charge is 2.42. The van der Waals surface area contributed by atoms with Crippen LogP contribution in [0.25, 0.3) is 20.8 Å². The summed E-state index contributed by atoms with van der Waals surface area (Å²) in [5.74, 6) is -0.705. The number of aliphatic hydroxyl groups excluding tert-OH is 2. The van der Waals surface area contributed by atoms with Gasteiger partial charge in [0.15, 0.2) is 0 Å². The molecule has 13 heteroatoms. The number of fused-ring (bicyclic) bond motifs is 1. The van der Waals surface area contributed by atoms with Crippen LogP contribution in [-0.2, 0) is 4.79 Å². The van der Waals surface area contributed by atoms with Crippen molar-refractivity contribution < 1.29 is 28.2 Å². The zero-order valence-corrected chi connectivity index (χ0v) is 19.7. The van der Waals surface area contributed by atoms with Gasteiger partial charge in [-0.25, -0.2) is 9.97 Å². The largest absolute Gasteiger partial charge is 0.405 e. The lowest BCUT2D eigenvalue weighted by Gasteiger charge is -2.21. The summed E-state index contributed by atoms with van der Waals surface area (Å²) in [6, 6.07) is 6.82. The summed E-state index contributed by atoms with van der Waals surface area (Å²) < 4.78 is 39.2. The van der Waals surface area contributed by atoms with Crippen LogP contribution in [0, 0.1) is 12.8 Å². The van der Waals surface area contributed by atoms with E-state index in [1.165, 1.54) is 18.3 Å². The van der Waals surface area contributed by atoms with E-state index in [0.29, 0.717) is 22.7 Å². The van der Waals surface area contributed by atoms with Crippen molar-refractivity contribution in [3.8, 4) is 10.6 Å². The van der Waals surface area contributed by atoms with Gasteiger partial charge in [0.2, 0.25) is 11.9 Å². The van der Waals surface area contributed by atoms with Crippen LogP contribution < -0.4 is 16.0 Å². The van der Waals surface area contributed by atoms with Crippen molar-refractivity contribution in [1.82, 2.24) is 20.3 Å². The third kappa shape index (κ3) is 5.80. The Kier molecular flexibility index (Phi) is 7.10. The van der Waals surface area contributed by atoms with Crippen molar-refractivity contribution in [3.05, 3.63) is 30.0 Å². The fourth-order valence-corrected chi connectivity index (χ4v) is 5.16. The van der Waals surface area contributed by atoms with Crippen LogP contribution in [0.3, 0.4) is 0 Å². The van der Waals surface area contributed by atoms with Crippen LogP contribution in [0.15, 0.2) is 24.3 Å². The highest BCUT2D eigenvalue weighted by atomic mass is 32.1. The summed E-state index contributed by atoms with van der Waals surface area (Å²) in [4.78, 5) is 24.4. The van der Waals surface area contributed by atoms with Gasteiger partial charge < -0.3 is 26.2 Å². The molecule has 0 unspecified atom stereocenters. The first kappa shape index (κ1) is 25.1. The predicted molar refractivity (Wildman–Crippen MR) is 126 cm³/mol. The topological polar surface area (TPSA) is 132 Å². The molecule has 1 aliphatic carbocycles. The van der Waals surface area contributed by atoms with E-state index in [-0.39, 0.29) is 24.2 Å². The molecule has 35 heavy (non-hydrogen) atoms. The second-order valence-corrected chi connectivity index (χ2v) is 9.51. The maximum Gasteiger partial charge on any atom is 0.405 e. The first-order chi connectivity index (χ1) is 16.5. The maximum absolute atomic E-state index is 12.8. The molecule has 2 aromatic heterocycles. The molecule has 0 bridgehead atoms. The maximum atomic E-state index is 12.8. The van der Waals surface area contributed by atoms with Gasteiger partial charge in [0.05, 0.1) is 33.6 Å². The minimum absolute atomic E-state index is 0.178. The number of nitrogens with one attached hydrogen (secondary N) is 3. The van der Waals surface area contributed by atoms with Crippen molar-refractivity contribution in [2.75, 3.05) is 23.7 Å². The number of hydrogen-bond acceptors (Lipinski definition) is 9. The molecule has 1 saturated carbocycles. The average Bonchev–Trinajstić information content (AvgIpc) is 3.32. The van der Waals surface area contributed by atoms with E-state index in [2.05, 4.69) is 30.9 Å². The first-order valence-electron chi connectivity index (χ1n) is 10.9. The van der Waals surface area contributed by atoms with E-state index in [1.807, 2.05) is 24.3 Å². The van der Waals surface area contributed by atoms with Crippen molar-refractivity contribution >= 4 is 39.2 Å². The van der Waals surface area contributed by atoms with Crippen LogP contribution in [0.1, 0.15) is 19.0 Å². The van der Waals surface area contributed by atoms with Crippen LogP contribution >= 0.6 is 11.3 Å². The van der Waals surface area contributed by atoms with Crippen LogP contribution in [0.4, 0.5) is 24.9 Å². The standard InChI is InChI=1S/C22H25F3N6O3S/c1-10-16(20-30-13-5-3-4-6-15(13)35-20)19(31-21(28-10)27-9-22(23,24)25)29-14-7-12(8-26-11(2)32)17(33)18(14)34/h3-6,12,14,17-18,33-34H,7-9H2,1-2H3,(H,26,32)(H2,27,28,29,31)/t12-,14-,17-,18+/m1/s1. The smallest absolute Gasteiger partial charge is 0.390 e. The summed E-state index contributed by atoms with van der Waals surface area (Å²) in [5.41, 5.74) is 1.65. The van der Waals surface area contributed by atoms with Gasteiger partial charge in [-0.2, -0.15) is 18.2 Å². The van der Waals surface area contributed by atoms with Gasteiger partial charge in [-0.15, -0.1) is 11.3 Å². The van der Waals surface area contributed by atoms with Crippen molar-refractivity contribution in [1.29, 1.82) is 0 Å². The number of anilines is 2. The highest BCUT2D eigenvalue weighted by molar-refractivity contribution is 7.21. The molecule has 1 aromatic carbocycles. The minimum Gasteiger partial charge on any atom is -0.390 e. The third-order valence-electron chi connectivity index (χ3n) is 5.78. The number of nitrogens with zero attached hydrogens (tertiary/aromatic N) is 3. The number of amides is 1. The molecule has 188 valence electrons. The second-order valence-electron chi connectivity index (χ2n) is 8.48. The third-order valence-corrected chi connectivity index (χ3v) is 6.84. The van der Waals surface area contributed by atoms with E-state index >= 15 is 0 Å². The Labute approximate surface area is 202 Å². The number of carbonyl (C=O) groups is 1. The van der Waals surface area contributed by atoms with Gasteiger partial charge in [-0.1, -0.05) is 12.1 Å². The van der Waals surface area contributed by atoms with E-state index in [9.17, 15) is 28.2 Å². The number of aryl methyl sites for hydroxylation is 1. The fraction of sp³-hybridized carbons (Fsp3) is 0.455. The molecule has 1 aliphatic rings. The lowest BCUT2D eigenvalue weighted by Crippen LogP contribution is -2.37. The Hall–Kier alpha value is -3.03. The number of hydrogen-bond donors (Lipinski definition) is 5. The first-order valence-corrected chi connectivity index (χ1v) is 11.8. The predicted octanol–water partition coefficient (Wildman–Crippen LogP) is 2.69. The fourth-order valence-electron chi connectivity index (χ4n) is 4.09. The number of thiazole rings is 1. The average molecular weight is 511 g/mol. The van der Waals surface area contributed by atoms with E-state index in [1.54, 1.807) is 6.92 Å². The molecular weight excluding hydrogens is 485 g/mol. The molecule has 9 nitrogen and oxygen atoms in total. The zero-order valence-electron chi connectivity index (χ0n) is 18.9. The van der Waals surface area contributed by atoms with Gasteiger partial charge in [0.25, 0.3) is 0 Å². The Bertz CT molecular complexity index is 1190.